The van der Waals surface area contributed by atoms with E-state index in [0.717, 1.165) is 4.90 Å². The molecule has 2 amide bonds. The molecule has 0 atom stereocenters. The van der Waals surface area contributed by atoms with Crippen LogP contribution in [0.4, 0.5) is 37.7 Å². The highest BCUT2D eigenvalue weighted by Gasteiger charge is 2.43. The van der Waals surface area contributed by atoms with Crippen LogP contribution < -0.4 is 28.2 Å². The second-order valence-corrected chi connectivity index (χ2v) is 15.3. The Hall–Kier alpha value is -4.78. The minimum atomic E-state index is -4.84. The number of sulfonamides is 1. The number of halogens is 7. The van der Waals surface area contributed by atoms with E-state index in [0.29, 0.717) is 22.7 Å². The molecule has 3 aromatic carbocycles. The van der Waals surface area contributed by atoms with Crippen LogP contribution in [-0.4, -0.2) is 65.0 Å². The van der Waals surface area contributed by atoms with E-state index < -0.39 is 82.7 Å². The number of methoxy groups -OCH3 is 2. The highest BCUT2D eigenvalue weighted by Crippen LogP contribution is 2.48. The van der Waals surface area contributed by atoms with E-state index in [1.165, 1.54) is 63.7 Å². The lowest BCUT2D eigenvalue weighted by Crippen LogP contribution is -2.39. The summed E-state index contributed by atoms with van der Waals surface area (Å²) in [5, 5.41) is -0.200. The molecule has 11 nitrogen and oxygen atoms in total. The van der Waals surface area contributed by atoms with Gasteiger partial charge in [-0.05, 0) is 71.1 Å². The number of nitrogens with zero attached hydrogens (tertiary/aromatic N) is 3. The Morgan fingerprint density at radius 1 is 0.963 bits per heavy atom. The number of para-hydroxylation sites is 1. The predicted molar refractivity (Wildman–Crippen MR) is 187 cm³/mol. The summed E-state index contributed by atoms with van der Waals surface area (Å²) in [5.41, 5.74) is -0.303. The fourth-order valence-corrected chi connectivity index (χ4v) is 8.11. The van der Waals surface area contributed by atoms with Gasteiger partial charge in [-0.15, -0.1) is 0 Å². The number of carbonyl (C=O) groups excluding carboxylic acids is 2. The molecule has 1 aliphatic carbocycles. The zero-order valence-corrected chi connectivity index (χ0v) is 31.0. The van der Waals surface area contributed by atoms with Gasteiger partial charge < -0.3 is 23.8 Å². The van der Waals surface area contributed by atoms with E-state index in [9.17, 15) is 44.3 Å². The van der Waals surface area contributed by atoms with Crippen LogP contribution in [0.15, 0.2) is 53.1 Å². The van der Waals surface area contributed by atoms with Gasteiger partial charge in [-0.25, -0.2) is 8.42 Å². The van der Waals surface area contributed by atoms with Crippen LogP contribution in [0.1, 0.15) is 39.9 Å². The van der Waals surface area contributed by atoms with E-state index >= 15 is 0 Å². The van der Waals surface area contributed by atoms with Crippen molar-refractivity contribution in [2.75, 3.05) is 36.6 Å². The number of aromatic nitrogens is 1. The SMILES string of the molecule is COc1cccc(OC)c1N(C(=O)C1CC1)S(=O)(=O)Cc1ccc(N2Cc3c(c(OCC(F)(F)F)c4cc(Br)cnc4c3OCC(F)(F)F)C2=O)c(C)c1. The third-order valence-corrected chi connectivity index (χ3v) is 10.6. The van der Waals surface area contributed by atoms with Gasteiger partial charge in [0.25, 0.3) is 5.91 Å². The summed E-state index contributed by atoms with van der Waals surface area (Å²) in [6.07, 6.45) is -7.45. The Morgan fingerprint density at radius 2 is 1.57 bits per heavy atom. The zero-order valence-electron chi connectivity index (χ0n) is 28.6. The molecule has 1 aromatic heterocycles. The van der Waals surface area contributed by atoms with Crippen molar-refractivity contribution < 1.29 is 63.3 Å². The molecule has 1 aliphatic heterocycles. The molecule has 1 fully saturated rings. The van der Waals surface area contributed by atoms with Crippen molar-refractivity contribution in [1.29, 1.82) is 0 Å². The molecule has 0 radical (unpaired) electrons. The molecule has 0 unspecified atom stereocenters. The molecule has 288 valence electrons. The molecule has 2 heterocycles. The molecule has 0 saturated heterocycles. The summed E-state index contributed by atoms with van der Waals surface area (Å²) in [7, 11) is -1.82. The summed E-state index contributed by atoms with van der Waals surface area (Å²) in [6, 6.07) is 10.0. The van der Waals surface area contributed by atoms with Crippen LogP contribution in [0, 0.1) is 12.8 Å². The molecule has 6 rings (SSSR count). The van der Waals surface area contributed by atoms with Crippen LogP contribution in [-0.2, 0) is 27.1 Å². The first kappa shape index (κ1) is 38.9. The maximum Gasteiger partial charge on any atom is 0.422 e. The number of hydrogen-bond acceptors (Lipinski definition) is 9. The first-order valence-electron chi connectivity index (χ1n) is 16.1. The first-order valence-corrected chi connectivity index (χ1v) is 18.5. The second-order valence-electron chi connectivity index (χ2n) is 12.5. The molecular weight excluding hydrogens is 816 g/mol. The van der Waals surface area contributed by atoms with Gasteiger partial charge in [0, 0.05) is 33.2 Å². The first-order chi connectivity index (χ1) is 25.3. The van der Waals surface area contributed by atoms with Gasteiger partial charge in [0.05, 0.1) is 32.1 Å². The van der Waals surface area contributed by atoms with Gasteiger partial charge in [0.1, 0.15) is 28.5 Å². The van der Waals surface area contributed by atoms with Crippen LogP contribution in [0.3, 0.4) is 0 Å². The summed E-state index contributed by atoms with van der Waals surface area (Å²) >= 11 is 3.15. The molecule has 1 saturated carbocycles. The average Bonchev–Trinajstić information content (AvgIpc) is 3.89. The van der Waals surface area contributed by atoms with Gasteiger partial charge in [-0.1, -0.05) is 18.2 Å². The van der Waals surface area contributed by atoms with Crippen molar-refractivity contribution in [3.05, 3.63) is 75.4 Å². The maximum atomic E-state index is 14.1. The number of aryl methyl sites for hydroxylation is 1. The smallest absolute Gasteiger partial charge is 0.422 e. The third kappa shape index (κ3) is 7.87. The Labute approximate surface area is 312 Å². The van der Waals surface area contributed by atoms with Crippen molar-refractivity contribution >= 4 is 60.0 Å². The lowest BCUT2D eigenvalue weighted by Gasteiger charge is -2.26. The van der Waals surface area contributed by atoms with Crippen molar-refractivity contribution in [2.24, 2.45) is 5.92 Å². The Kier molecular flexibility index (Phi) is 10.4. The molecule has 19 heteroatoms. The van der Waals surface area contributed by atoms with E-state index in [1.54, 1.807) is 6.07 Å². The summed E-state index contributed by atoms with van der Waals surface area (Å²) in [5.74, 6) is -3.63. The normalized spacial score (nSPS) is 14.6. The van der Waals surface area contributed by atoms with Crippen LogP contribution in [0.5, 0.6) is 23.0 Å². The Balaban J connectivity index is 1.39. The van der Waals surface area contributed by atoms with E-state index in [1.807, 2.05) is 0 Å². The van der Waals surface area contributed by atoms with Gasteiger partial charge in [-0.3, -0.25) is 14.6 Å². The number of amides is 2. The molecule has 4 aromatic rings. The van der Waals surface area contributed by atoms with Gasteiger partial charge in [0.15, 0.2) is 19.0 Å². The molecule has 0 N–H and O–H groups in total. The summed E-state index contributed by atoms with van der Waals surface area (Å²) < 4.78 is 130. The second kappa shape index (κ2) is 14.5. The van der Waals surface area contributed by atoms with Crippen LogP contribution in [0.2, 0.25) is 0 Å². The van der Waals surface area contributed by atoms with Gasteiger partial charge in [-0.2, -0.15) is 30.6 Å². The highest BCUT2D eigenvalue weighted by molar-refractivity contribution is 9.10. The molecular formula is C35H30BrF6N3O8S. The molecule has 0 bridgehead atoms. The zero-order chi connectivity index (χ0) is 39.3. The highest BCUT2D eigenvalue weighted by atomic mass is 79.9. The maximum absolute atomic E-state index is 14.1. The summed E-state index contributed by atoms with van der Waals surface area (Å²) in [4.78, 5) is 32.8. The number of alkyl halides is 6. The number of pyridine rings is 1. The predicted octanol–water partition coefficient (Wildman–Crippen LogP) is 7.64. The number of rotatable bonds is 12. The van der Waals surface area contributed by atoms with E-state index in [2.05, 4.69) is 20.9 Å². The number of ether oxygens (including phenoxy) is 4. The fraction of sp³-hybridized carbons (Fsp3) is 0.343. The van der Waals surface area contributed by atoms with Crippen molar-refractivity contribution in [3.8, 4) is 23.0 Å². The number of fused-ring (bicyclic) bond motifs is 2. The van der Waals surface area contributed by atoms with Crippen LogP contribution in [0.25, 0.3) is 10.9 Å². The average molecular weight is 847 g/mol. The monoisotopic (exact) mass is 845 g/mol. The van der Waals surface area contributed by atoms with E-state index in [-0.39, 0.29) is 49.4 Å². The van der Waals surface area contributed by atoms with Crippen LogP contribution >= 0.6 is 15.9 Å². The lowest BCUT2D eigenvalue weighted by molar-refractivity contribution is -0.154. The van der Waals surface area contributed by atoms with Crippen molar-refractivity contribution in [2.45, 2.75) is 44.4 Å². The number of hydrogen-bond donors (Lipinski definition) is 0. The fourth-order valence-electron chi connectivity index (χ4n) is 6.17. The standard InChI is InChI=1S/C35H30BrF6N3O8S/c1-18-11-19(15-54(48,49)45(32(46)20-8-9-20)29-25(50-2)5-4-6-26(29)51-3)7-10-24(18)44-14-23-27(33(44)47)30(52-16-34(37,38)39)22-12-21(36)13-43-28(22)31(23)53-17-35(40,41)42/h4-7,10-13,20H,8-9,14-17H2,1-3H3. The number of benzene rings is 3. The largest absolute Gasteiger partial charge is 0.494 e. The van der Waals surface area contributed by atoms with Gasteiger partial charge >= 0.3 is 12.4 Å². The third-order valence-electron chi connectivity index (χ3n) is 8.56. The summed E-state index contributed by atoms with van der Waals surface area (Å²) in [6.45, 7) is -2.52. The topological polar surface area (TPSA) is 125 Å². The Bertz CT molecular complexity index is 2240. The molecule has 2 aliphatic rings. The number of anilines is 2. The molecule has 0 spiro atoms. The minimum absolute atomic E-state index is 0.0814. The lowest BCUT2D eigenvalue weighted by atomic mass is 10.0. The quantitative estimate of drug-likeness (QED) is 0.132. The Morgan fingerprint density at radius 3 is 2.13 bits per heavy atom. The van der Waals surface area contributed by atoms with Gasteiger partial charge in [0.2, 0.25) is 15.9 Å². The van der Waals surface area contributed by atoms with Crippen molar-refractivity contribution in [3.63, 3.8) is 0 Å². The van der Waals surface area contributed by atoms with Crippen molar-refractivity contribution in [1.82, 2.24) is 4.98 Å². The van der Waals surface area contributed by atoms with E-state index in [4.69, 9.17) is 18.9 Å². The minimum Gasteiger partial charge on any atom is -0.494 e. The molecule has 54 heavy (non-hydrogen) atoms. The number of carbonyl (C=O) groups is 2.